The molecule has 2 rings (SSSR count). The summed E-state index contributed by atoms with van der Waals surface area (Å²) < 4.78 is 5.76. The first kappa shape index (κ1) is 14.3. The number of ether oxygens (including phenoxy) is 1. The second kappa shape index (κ2) is 6.88. The van der Waals surface area contributed by atoms with Crippen LogP contribution in [-0.2, 0) is 4.74 Å². The molecular weight excluding hydrogens is 224 g/mol. The lowest BCUT2D eigenvalue weighted by Crippen LogP contribution is -2.47. The predicted molar refractivity (Wildman–Crippen MR) is 75.8 cm³/mol. The first-order valence-electron chi connectivity index (χ1n) is 7.83. The molecule has 0 aromatic carbocycles. The van der Waals surface area contributed by atoms with Crippen LogP contribution in [-0.4, -0.2) is 38.9 Å². The molecular formula is C15H30N2O. The molecule has 2 heterocycles. The predicted octanol–water partition coefficient (Wildman–Crippen LogP) is 2.17. The maximum Gasteiger partial charge on any atom is 0.0613 e. The number of hydrogen-bond donors (Lipinski definition) is 2. The van der Waals surface area contributed by atoms with E-state index in [2.05, 4.69) is 24.5 Å². The number of piperidine rings is 1. The van der Waals surface area contributed by atoms with E-state index in [1.165, 1.54) is 45.3 Å². The van der Waals surface area contributed by atoms with Gasteiger partial charge in [-0.3, -0.25) is 0 Å². The van der Waals surface area contributed by atoms with Gasteiger partial charge in [0.2, 0.25) is 0 Å². The molecule has 2 saturated heterocycles. The van der Waals surface area contributed by atoms with E-state index in [0.29, 0.717) is 11.5 Å². The molecule has 0 aromatic rings. The summed E-state index contributed by atoms with van der Waals surface area (Å²) in [5.41, 5.74) is 0.499. The zero-order valence-electron chi connectivity index (χ0n) is 12.1. The molecule has 0 aliphatic carbocycles. The van der Waals surface area contributed by atoms with Crippen molar-refractivity contribution in [3.8, 4) is 0 Å². The minimum atomic E-state index is 0.499. The molecule has 3 unspecified atom stereocenters. The van der Waals surface area contributed by atoms with Gasteiger partial charge in [0.25, 0.3) is 0 Å². The highest BCUT2D eigenvalue weighted by atomic mass is 16.5. The molecule has 3 heteroatoms. The summed E-state index contributed by atoms with van der Waals surface area (Å²) in [6.07, 6.45) is 6.89. The monoisotopic (exact) mass is 254 g/mol. The van der Waals surface area contributed by atoms with Gasteiger partial charge >= 0.3 is 0 Å². The van der Waals surface area contributed by atoms with Gasteiger partial charge in [-0.05, 0) is 50.0 Å². The Morgan fingerprint density at radius 2 is 2.28 bits per heavy atom. The standard InChI is InChI=1S/C15H30N2O/c1-3-14-13(6-9-18-14)10-17-12-15(4-2)7-5-8-16-11-15/h13-14,16-17H,3-12H2,1-2H3. The van der Waals surface area contributed by atoms with E-state index in [4.69, 9.17) is 4.74 Å². The molecule has 0 bridgehead atoms. The van der Waals surface area contributed by atoms with Gasteiger partial charge in [-0.25, -0.2) is 0 Å². The Bertz CT molecular complexity index is 239. The Hall–Kier alpha value is -0.120. The van der Waals surface area contributed by atoms with Crippen LogP contribution in [0.4, 0.5) is 0 Å². The van der Waals surface area contributed by atoms with Gasteiger partial charge in [-0.1, -0.05) is 13.8 Å². The molecule has 106 valence electrons. The van der Waals surface area contributed by atoms with Gasteiger partial charge in [0.15, 0.2) is 0 Å². The van der Waals surface area contributed by atoms with Crippen molar-refractivity contribution in [1.82, 2.24) is 10.6 Å². The van der Waals surface area contributed by atoms with Crippen molar-refractivity contribution in [3.05, 3.63) is 0 Å². The first-order valence-corrected chi connectivity index (χ1v) is 7.83. The van der Waals surface area contributed by atoms with Crippen LogP contribution in [0.1, 0.15) is 46.0 Å². The molecule has 2 fully saturated rings. The van der Waals surface area contributed by atoms with Crippen LogP contribution in [0.3, 0.4) is 0 Å². The third kappa shape index (κ3) is 3.46. The Balaban J connectivity index is 1.73. The molecule has 3 atom stereocenters. The molecule has 18 heavy (non-hydrogen) atoms. The molecule has 0 amide bonds. The van der Waals surface area contributed by atoms with Crippen molar-refractivity contribution in [2.75, 3.05) is 32.8 Å². The zero-order chi connectivity index (χ0) is 12.8. The van der Waals surface area contributed by atoms with E-state index >= 15 is 0 Å². The maximum absolute atomic E-state index is 5.76. The lowest BCUT2D eigenvalue weighted by Gasteiger charge is -2.37. The summed E-state index contributed by atoms with van der Waals surface area (Å²) in [7, 11) is 0. The second-order valence-corrected chi connectivity index (χ2v) is 6.13. The van der Waals surface area contributed by atoms with Crippen molar-refractivity contribution < 1.29 is 4.74 Å². The minimum absolute atomic E-state index is 0.499. The Labute approximate surface area is 112 Å². The number of rotatable bonds is 6. The maximum atomic E-state index is 5.76. The zero-order valence-corrected chi connectivity index (χ0v) is 12.1. The minimum Gasteiger partial charge on any atom is -0.378 e. The van der Waals surface area contributed by atoms with Crippen molar-refractivity contribution >= 4 is 0 Å². The molecule has 2 aliphatic rings. The van der Waals surface area contributed by atoms with E-state index in [9.17, 15) is 0 Å². The molecule has 0 aromatic heterocycles. The topological polar surface area (TPSA) is 33.3 Å². The summed E-state index contributed by atoms with van der Waals surface area (Å²) in [5, 5.41) is 7.29. The summed E-state index contributed by atoms with van der Waals surface area (Å²) in [6, 6.07) is 0. The van der Waals surface area contributed by atoms with E-state index in [-0.39, 0.29) is 0 Å². The summed E-state index contributed by atoms with van der Waals surface area (Å²) in [5.74, 6) is 0.737. The van der Waals surface area contributed by atoms with Crippen molar-refractivity contribution in [2.45, 2.75) is 52.1 Å². The third-order valence-electron chi connectivity index (χ3n) is 4.97. The lowest BCUT2D eigenvalue weighted by atomic mass is 9.78. The van der Waals surface area contributed by atoms with Crippen molar-refractivity contribution in [3.63, 3.8) is 0 Å². The van der Waals surface area contributed by atoms with Crippen LogP contribution < -0.4 is 10.6 Å². The van der Waals surface area contributed by atoms with Crippen LogP contribution in [0.2, 0.25) is 0 Å². The third-order valence-corrected chi connectivity index (χ3v) is 4.97. The molecule has 0 spiro atoms. The van der Waals surface area contributed by atoms with Crippen molar-refractivity contribution in [1.29, 1.82) is 0 Å². The molecule has 0 radical (unpaired) electrons. The van der Waals surface area contributed by atoms with Gasteiger partial charge in [0.1, 0.15) is 0 Å². The summed E-state index contributed by atoms with van der Waals surface area (Å²) in [6.45, 7) is 10.2. The van der Waals surface area contributed by atoms with Crippen molar-refractivity contribution in [2.24, 2.45) is 11.3 Å². The highest BCUT2D eigenvalue weighted by Gasteiger charge is 2.31. The quantitative estimate of drug-likeness (QED) is 0.762. The van der Waals surface area contributed by atoms with E-state index in [1.54, 1.807) is 0 Å². The molecule has 2 N–H and O–H groups in total. The fraction of sp³-hybridized carbons (Fsp3) is 1.00. The van der Waals surface area contributed by atoms with Gasteiger partial charge in [-0.2, -0.15) is 0 Å². The highest BCUT2D eigenvalue weighted by Crippen LogP contribution is 2.29. The van der Waals surface area contributed by atoms with Gasteiger partial charge < -0.3 is 15.4 Å². The fourth-order valence-corrected chi connectivity index (χ4v) is 3.51. The van der Waals surface area contributed by atoms with Crippen LogP contribution in [0.25, 0.3) is 0 Å². The smallest absolute Gasteiger partial charge is 0.0613 e. The average Bonchev–Trinajstić information content (AvgIpc) is 2.87. The summed E-state index contributed by atoms with van der Waals surface area (Å²) in [4.78, 5) is 0. The first-order chi connectivity index (χ1) is 8.79. The Morgan fingerprint density at radius 1 is 1.39 bits per heavy atom. The lowest BCUT2D eigenvalue weighted by molar-refractivity contribution is 0.0857. The second-order valence-electron chi connectivity index (χ2n) is 6.13. The normalized spacial score (nSPS) is 37.0. The SMILES string of the molecule is CCC1OCCC1CNCC1(CC)CCCNC1. The molecule has 0 saturated carbocycles. The molecule has 2 aliphatic heterocycles. The molecule has 3 nitrogen and oxygen atoms in total. The number of nitrogens with one attached hydrogen (secondary N) is 2. The van der Waals surface area contributed by atoms with Gasteiger partial charge in [0, 0.05) is 26.2 Å². The Kier molecular flexibility index (Phi) is 5.46. The van der Waals surface area contributed by atoms with E-state index in [0.717, 1.165) is 25.5 Å². The van der Waals surface area contributed by atoms with Gasteiger partial charge in [-0.15, -0.1) is 0 Å². The van der Waals surface area contributed by atoms with Crippen LogP contribution in [0.15, 0.2) is 0 Å². The average molecular weight is 254 g/mol. The van der Waals surface area contributed by atoms with Gasteiger partial charge in [0.05, 0.1) is 6.10 Å². The summed E-state index contributed by atoms with van der Waals surface area (Å²) >= 11 is 0. The van der Waals surface area contributed by atoms with E-state index in [1.807, 2.05) is 0 Å². The number of hydrogen-bond acceptors (Lipinski definition) is 3. The van der Waals surface area contributed by atoms with Crippen LogP contribution in [0.5, 0.6) is 0 Å². The van der Waals surface area contributed by atoms with Crippen LogP contribution >= 0.6 is 0 Å². The largest absolute Gasteiger partial charge is 0.378 e. The Morgan fingerprint density at radius 3 is 2.94 bits per heavy atom. The van der Waals surface area contributed by atoms with E-state index < -0.39 is 0 Å². The highest BCUT2D eigenvalue weighted by molar-refractivity contribution is 4.87. The fourth-order valence-electron chi connectivity index (χ4n) is 3.51. The van der Waals surface area contributed by atoms with Crippen LogP contribution in [0, 0.1) is 11.3 Å².